The van der Waals surface area contributed by atoms with E-state index in [9.17, 15) is 9.59 Å². The number of ether oxygens (including phenoxy) is 1. The molecule has 0 radical (unpaired) electrons. The molecule has 0 fully saturated rings. The zero-order chi connectivity index (χ0) is 14.8. The Hall–Kier alpha value is -2.67. The van der Waals surface area contributed by atoms with Crippen LogP contribution in [0.4, 0.5) is 0 Å². The summed E-state index contributed by atoms with van der Waals surface area (Å²) >= 11 is 1.04. The molecule has 0 bridgehead atoms. The van der Waals surface area contributed by atoms with Crippen LogP contribution in [0.2, 0.25) is 0 Å². The fourth-order valence-electron chi connectivity index (χ4n) is 1.89. The van der Waals surface area contributed by atoms with Crippen molar-refractivity contribution in [1.82, 2.24) is 15.3 Å². The van der Waals surface area contributed by atoms with E-state index >= 15 is 0 Å². The highest BCUT2D eigenvalue weighted by Gasteiger charge is 2.10. The molecule has 106 valence electrons. The van der Waals surface area contributed by atoms with Gasteiger partial charge in [-0.3, -0.25) is 14.6 Å². The van der Waals surface area contributed by atoms with Gasteiger partial charge in [0.25, 0.3) is 5.91 Å². The number of carbonyl (C=O) groups is 1. The zero-order valence-electron chi connectivity index (χ0n) is 11.0. The number of benzene rings is 1. The Balaban J connectivity index is 1.99. The van der Waals surface area contributed by atoms with Crippen molar-refractivity contribution in [2.24, 2.45) is 0 Å². The van der Waals surface area contributed by atoms with E-state index in [1.807, 2.05) is 0 Å². The fourth-order valence-corrected chi connectivity index (χ4v) is 2.63. The summed E-state index contributed by atoms with van der Waals surface area (Å²) in [4.78, 5) is 29.5. The van der Waals surface area contributed by atoms with Crippen molar-refractivity contribution in [2.45, 2.75) is 0 Å². The normalized spacial score (nSPS) is 10.5. The molecule has 1 amide bonds. The minimum atomic E-state index is -0.188. The van der Waals surface area contributed by atoms with E-state index in [4.69, 9.17) is 4.74 Å². The number of pyridine rings is 1. The summed E-state index contributed by atoms with van der Waals surface area (Å²) < 4.78 is 6.42. The maximum atomic E-state index is 11.6. The molecule has 2 N–H and O–H groups in total. The maximum Gasteiger partial charge on any atom is 0.306 e. The summed E-state index contributed by atoms with van der Waals surface area (Å²) in [6.45, 7) is 0. The number of nitrogens with one attached hydrogen (secondary N) is 2. The molecule has 0 unspecified atom stereocenters. The number of hydrogen-bond donors (Lipinski definition) is 2. The molecule has 0 spiro atoms. The van der Waals surface area contributed by atoms with Crippen molar-refractivity contribution in [2.75, 3.05) is 7.05 Å². The van der Waals surface area contributed by atoms with Crippen LogP contribution in [0.15, 0.2) is 41.3 Å². The number of thiazole rings is 1. The van der Waals surface area contributed by atoms with Gasteiger partial charge in [0.1, 0.15) is 16.2 Å². The molecule has 3 rings (SSSR count). The molecule has 0 aliphatic rings. The highest BCUT2D eigenvalue weighted by atomic mass is 32.1. The van der Waals surface area contributed by atoms with Gasteiger partial charge in [-0.05, 0) is 18.2 Å². The van der Waals surface area contributed by atoms with E-state index in [2.05, 4.69) is 15.3 Å². The van der Waals surface area contributed by atoms with Gasteiger partial charge >= 0.3 is 4.87 Å². The van der Waals surface area contributed by atoms with Crippen molar-refractivity contribution in [3.63, 3.8) is 0 Å². The second-order valence-corrected chi connectivity index (χ2v) is 5.19. The Morgan fingerprint density at radius 2 is 2.24 bits per heavy atom. The molecule has 21 heavy (non-hydrogen) atoms. The second kappa shape index (κ2) is 5.37. The lowest BCUT2D eigenvalue weighted by Gasteiger charge is -2.07. The van der Waals surface area contributed by atoms with Gasteiger partial charge in [-0.2, -0.15) is 0 Å². The number of aromatic amines is 1. The van der Waals surface area contributed by atoms with Gasteiger partial charge in [-0.1, -0.05) is 17.4 Å². The molecule has 0 aliphatic carbocycles. The summed E-state index contributed by atoms with van der Waals surface area (Å²) in [6, 6.07) is 8.49. The Bertz CT molecular complexity index is 869. The molecule has 7 heteroatoms. The third kappa shape index (κ3) is 2.63. The molecule has 0 aliphatic heterocycles. The van der Waals surface area contributed by atoms with Gasteiger partial charge in [0, 0.05) is 24.9 Å². The largest absolute Gasteiger partial charge is 0.456 e. The minimum Gasteiger partial charge on any atom is -0.456 e. The lowest BCUT2D eigenvalue weighted by molar-refractivity contribution is 0.0963. The number of aromatic nitrogens is 2. The summed E-state index contributed by atoms with van der Waals surface area (Å²) in [5, 5.41) is 2.56. The molecule has 1 aromatic carbocycles. The SMILES string of the molecule is CNC(=O)c1cccc(Oc2ccnc3[nH]c(=O)sc23)c1. The van der Waals surface area contributed by atoms with Gasteiger partial charge in [0.05, 0.1) is 0 Å². The molecule has 0 atom stereocenters. The first-order valence-corrected chi connectivity index (χ1v) is 6.97. The maximum absolute atomic E-state index is 11.6. The van der Waals surface area contributed by atoms with Gasteiger partial charge in [-0.15, -0.1) is 0 Å². The molecular weight excluding hydrogens is 290 g/mol. The molecule has 3 aromatic rings. The van der Waals surface area contributed by atoms with Crippen LogP contribution in [0.1, 0.15) is 10.4 Å². The van der Waals surface area contributed by atoms with Gasteiger partial charge in [0.2, 0.25) is 0 Å². The summed E-state index contributed by atoms with van der Waals surface area (Å²) in [5.74, 6) is 0.855. The number of rotatable bonds is 3. The van der Waals surface area contributed by atoms with Gasteiger partial charge in [0.15, 0.2) is 5.65 Å². The van der Waals surface area contributed by atoms with Gasteiger partial charge < -0.3 is 10.1 Å². The summed E-state index contributed by atoms with van der Waals surface area (Å²) in [6.07, 6.45) is 1.56. The predicted molar refractivity (Wildman–Crippen MR) is 80.1 cm³/mol. The van der Waals surface area contributed by atoms with E-state index in [0.717, 1.165) is 11.3 Å². The predicted octanol–water partition coefficient (Wildman–Crippen LogP) is 2.14. The Labute approximate surface area is 123 Å². The number of fused-ring (bicyclic) bond motifs is 1. The Kier molecular flexibility index (Phi) is 3.41. The average Bonchev–Trinajstić information content (AvgIpc) is 2.88. The number of hydrogen-bond acceptors (Lipinski definition) is 5. The quantitative estimate of drug-likeness (QED) is 0.776. The van der Waals surface area contributed by atoms with Crippen LogP contribution < -0.4 is 14.9 Å². The van der Waals surface area contributed by atoms with Crippen LogP contribution in [-0.2, 0) is 0 Å². The second-order valence-electron chi connectivity index (χ2n) is 4.21. The number of nitrogens with zero attached hydrogens (tertiary/aromatic N) is 1. The lowest BCUT2D eigenvalue weighted by atomic mass is 10.2. The first-order chi connectivity index (χ1) is 10.2. The monoisotopic (exact) mass is 301 g/mol. The molecule has 0 saturated heterocycles. The van der Waals surface area contributed by atoms with Crippen molar-refractivity contribution >= 4 is 27.6 Å². The van der Waals surface area contributed by atoms with Crippen molar-refractivity contribution in [1.29, 1.82) is 0 Å². The highest BCUT2D eigenvalue weighted by molar-refractivity contribution is 7.16. The van der Waals surface area contributed by atoms with Crippen LogP contribution in [-0.4, -0.2) is 22.9 Å². The third-order valence-corrected chi connectivity index (χ3v) is 3.72. The summed E-state index contributed by atoms with van der Waals surface area (Å²) in [5.41, 5.74) is 0.993. The smallest absolute Gasteiger partial charge is 0.306 e. The topological polar surface area (TPSA) is 84.1 Å². The minimum absolute atomic E-state index is 0.187. The Morgan fingerprint density at radius 3 is 3.05 bits per heavy atom. The highest BCUT2D eigenvalue weighted by Crippen LogP contribution is 2.29. The lowest BCUT2D eigenvalue weighted by Crippen LogP contribution is -2.17. The zero-order valence-corrected chi connectivity index (χ0v) is 11.9. The number of H-pyrrole nitrogens is 1. The van der Waals surface area contributed by atoms with Crippen molar-refractivity contribution < 1.29 is 9.53 Å². The summed E-state index contributed by atoms with van der Waals surface area (Å²) in [7, 11) is 1.57. The Morgan fingerprint density at radius 1 is 1.38 bits per heavy atom. The average molecular weight is 301 g/mol. The first-order valence-electron chi connectivity index (χ1n) is 6.15. The van der Waals surface area contributed by atoms with Crippen molar-refractivity contribution in [3.05, 3.63) is 51.8 Å². The van der Waals surface area contributed by atoms with E-state index in [-0.39, 0.29) is 10.8 Å². The van der Waals surface area contributed by atoms with Gasteiger partial charge in [-0.25, -0.2) is 4.98 Å². The van der Waals surface area contributed by atoms with Crippen molar-refractivity contribution in [3.8, 4) is 11.5 Å². The fraction of sp³-hybridized carbons (Fsp3) is 0.0714. The van der Waals surface area contributed by atoms with Crippen LogP contribution >= 0.6 is 11.3 Å². The molecule has 0 saturated carbocycles. The first kappa shape index (κ1) is 13.3. The van der Waals surface area contributed by atoms with Crippen LogP contribution in [0, 0.1) is 0 Å². The van der Waals surface area contributed by atoms with Crippen LogP contribution in [0.3, 0.4) is 0 Å². The molecule has 2 aromatic heterocycles. The number of carbonyl (C=O) groups excluding carboxylic acids is 1. The van der Waals surface area contributed by atoms with E-state index in [0.29, 0.717) is 27.4 Å². The van der Waals surface area contributed by atoms with E-state index in [1.165, 1.54) is 0 Å². The van der Waals surface area contributed by atoms with Crippen LogP contribution in [0.25, 0.3) is 10.3 Å². The molecule has 2 heterocycles. The van der Waals surface area contributed by atoms with E-state index in [1.54, 1.807) is 43.6 Å². The number of amides is 1. The third-order valence-electron chi connectivity index (χ3n) is 2.83. The standard InChI is InChI=1S/C14H11N3O3S/c1-15-13(18)8-3-2-4-9(7-8)20-10-5-6-16-12-11(10)21-14(19)17-12/h2-7H,1H3,(H,15,18)(H,16,17,19). The van der Waals surface area contributed by atoms with Crippen LogP contribution in [0.5, 0.6) is 11.5 Å². The molecular formula is C14H11N3O3S. The van der Waals surface area contributed by atoms with E-state index < -0.39 is 0 Å². The molecule has 6 nitrogen and oxygen atoms in total.